The van der Waals surface area contributed by atoms with Crippen LogP contribution < -0.4 is 10.6 Å². The quantitative estimate of drug-likeness (QED) is 0.197. The van der Waals surface area contributed by atoms with Gasteiger partial charge in [0.05, 0.1) is 0 Å². The van der Waals surface area contributed by atoms with E-state index in [0.29, 0.717) is 12.1 Å². The monoisotopic (exact) mass is 506 g/mol. The van der Waals surface area contributed by atoms with Crippen molar-refractivity contribution in [3.63, 3.8) is 0 Å². The molecule has 0 aliphatic heterocycles. The van der Waals surface area contributed by atoms with Crippen LogP contribution in [0.5, 0.6) is 0 Å². The van der Waals surface area contributed by atoms with Gasteiger partial charge < -0.3 is 5.11 Å². The fourth-order valence-corrected chi connectivity index (χ4v) is 11.9. The summed E-state index contributed by atoms with van der Waals surface area (Å²) < 4.78 is 0. The minimum absolute atomic E-state index is 0.317. The van der Waals surface area contributed by atoms with Crippen molar-refractivity contribution in [1.82, 2.24) is 0 Å². The van der Waals surface area contributed by atoms with Crippen LogP contribution >= 0.6 is 20.8 Å². The summed E-state index contributed by atoms with van der Waals surface area (Å²) in [4.78, 5) is 10.6. The average molecular weight is 507 g/mol. The van der Waals surface area contributed by atoms with E-state index in [0.717, 1.165) is 12.8 Å². The summed E-state index contributed by atoms with van der Waals surface area (Å²) in [6, 6.07) is 22.2. The molecule has 1 N–H and O–H groups in total. The molecule has 2 aromatic carbocycles. The molecule has 0 aliphatic carbocycles. The summed E-state index contributed by atoms with van der Waals surface area (Å²) in [5.41, 5.74) is 0.529. The van der Waals surface area contributed by atoms with Crippen molar-refractivity contribution in [2.45, 2.75) is 83.7 Å². The molecule has 0 saturated heterocycles. The van der Waals surface area contributed by atoms with Crippen LogP contribution in [0.2, 0.25) is 0 Å². The first-order chi connectivity index (χ1) is 14.9. The van der Waals surface area contributed by atoms with E-state index in [-0.39, 0.29) is 0 Å². The van der Waals surface area contributed by atoms with Crippen molar-refractivity contribution in [3.05, 3.63) is 60.7 Å². The predicted molar refractivity (Wildman–Crippen MR) is 142 cm³/mol. The second-order valence-electron chi connectivity index (χ2n) is 9.07. The fourth-order valence-electron chi connectivity index (χ4n) is 4.70. The molecule has 4 heteroatoms. The molecule has 0 aliphatic rings. The number of unbranched alkanes of at least 4 members (excludes halogenated alkanes) is 8. The Hall–Kier alpha value is -1.18. The van der Waals surface area contributed by atoms with E-state index in [1.807, 2.05) is 0 Å². The number of aliphatic carboxylic acids is 1. The molecular weight excluding hydrogens is 467 g/mol. The number of carboxylic acids is 1. The van der Waals surface area contributed by atoms with E-state index >= 15 is 0 Å². The summed E-state index contributed by atoms with van der Waals surface area (Å²) >= 11 is 4.49. The minimum atomic E-state index is -2.47. The molecule has 2 aromatic rings. The van der Waals surface area contributed by atoms with Crippen LogP contribution in [-0.2, 0) is 4.79 Å². The van der Waals surface area contributed by atoms with Crippen LogP contribution in [0.1, 0.15) is 78.1 Å². The second kappa shape index (κ2) is 12.8. The Morgan fingerprint density at radius 2 is 1.13 bits per heavy atom. The maximum absolute atomic E-state index is 10.6. The number of carboxylic acid groups (broad SMARTS) is 1. The van der Waals surface area contributed by atoms with Gasteiger partial charge in [-0.1, -0.05) is 0 Å². The summed E-state index contributed by atoms with van der Waals surface area (Å²) in [5.74, 6) is -0.670. The Labute approximate surface area is 197 Å². The van der Waals surface area contributed by atoms with Crippen LogP contribution in [-0.4, -0.2) is 22.9 Å². The van der Waals surface area contributed by atoms with E-state index in [1.54, 1.807) is 0 Å². The average Bonchev–Trinajstić information content (AvgIpc) is 2.78. The van der Waals surface area contributed by atoms with Gasteiger partial charge in [-0.25, -0.2) is 0 Å². The first-order valence-corrected chi connectivity index (χ1v) is 16.5. The van der Waals surface area contributed by atoms with Gasteiger partial charge in [-0.3, -0.25) is 4.79 Å². The van der Waals surface area contributed by atoms with Gasteiger partial charge >= 0.3 is 188 Å². The molecule has 31 heavy (non-hydrogen) atoms. The molecule has 0 saturated carbocycles. The Balaban J connectivity index is 1.92. The van der Waals surface area contributed by atoms with E-state index in [9.17, 15) is 4.79 Å². The van der Waals surface area contributed by atoms with E-state index < -0.39 is 11.3 Å². The van der Waals surface area contributed by atoms with Crippen LogP contribution in [0.25, 0.3) is 0 Å². The second-order valence-corrected chi connectivity index (χ2v) is 19.0. The predicted octanol–water partition coefficient (Wildman–Crippen LogP) is 7.89. The number of hydrogen-bond donors (Lipinski definition) is 1. The van der Waals surface area contributed by atoms with Crippen molar-refractivity contribution in [3.8, 4) is 0 Å². The van der Waals surface area contributed by atoms with Gasteiger partial charge in [-0.15, -0.1) is 0 Å². The van der Waals surface area contributed by atoms with E-state index in [2.05, 4.69) is 90.0 Å². The molecule has 0 heterocycles. The Morgan fingerprint density at radius 1 is 0.742 bits per heavy atom. The molecule has 2 nitrogen and oxygen atoms in total. The number of carbonyl (C=O) groups is 1. The molecule has 2 rings (SSSR count). The Kier molecular flexibility index (Phi) is 10.7. The SMILES string of the molecule is CC(C)P(Br)(CCCCCCCCCCCC(=O)O)(c1ccccc1)c1ccccc1. The fraction of sp³-hybridized carbons (Fsp3) is 0.519. The van der Waals surface area contributed by atoms with Crippen LogP contribution in [0.3, 0.4) is 0 Å². The number of hydrogen-bond acceptors (Lipinski definition) is 1. The van der Waals surface area contributed by atoms with Gasteiger partial charge in [-0.05, 0) is 0 Å². The van der Waals surface area contributed by atoms with E-state index in [4.69, 9.17) is 5.11 Å². The van der Waals surface area contributed by atoms with Gasteiger partial charge in [0.1, 0.15) is 0 Å². The zero-order valence-electron chi connectivity index (χ0n) is 19.3. The zero-order chi connectivity index (χ0) is 22.6. The summed E-state index contributed by atoms with van der Waals surface area (Å²) in [5, 5.41) is 9.16. The van der Waals surface area contributed by atoms with Crippen molar-refractivity contribution >= 4 is 37.4 Å². The molecule has 0 spiro atoms. The molecule has 0 radical (unpaired) electrons. The maximum atomic E-state index is 10.6. The number of halogens is 1. The molecule has 0 atom stereocenters. The summed E-state index contributed by atoms with van der Waals surface area (Å²) in [7, 11) is 0. The van der Waals surface area contributed by atoms with Gasteiger partial charge in [0.15, 0.2) is 0 Å². The van der Waals surface area contributed by atoms with Gasteiger partial charge in [0, 0.05) is 0 Å². The van der Waals surface area contributed by atoms with Crippen molar-refractivity contribution in [2.75, 3.05) is 6.16 Å². The van der Waals surface area contributed by atoms with Crippen molar-refractivity contribution < 1.29 is 9.90 Å². The molecular formula is C27H40BrO2P. The third-order valence-electron chi connectivity index (χ3n) is 6.69. The molecule has 0 aromatic heterocycles. The topological polar surface area (TPSA) is 37.3 Å². The van der Waals surface area contributed by atoms with Gasteiger partial charge in [0.25, 0.3) is 0 Å². The van der Waals surface area contributed by atoms with Crippen LogP contribution in [0.15, 0.2) is 60.7 Å². The number of benzene rings is 2. The van der Waals surface area contributed by atoms with Crippen molar-refractivity contribution in [2.24, 2.45) is 0 Å². The Bertz CT molecular complexity index is 737. The standard InChI is InChI=1S/C27H40BrO2P/c1-24(2)31(28,25-18-12-10-13-19-25,26-20-14-11-15-21-26)23-17-9-7-5-3-4-6-8-16-22-27(29)30/h10-15,18-21,24H,3-9,16-17,22-23H2,1-2H3,(H,29,30). The first-order valence-electron chi connectivity index (χ1n) is 11.9. The van der Waals surface area contributed by atoms with Crippen LogP contribution in [0.4, 0.5) is 0 Å². The normalized spacial score (nSPS) is 13.1. The third-order valence-corrected chi connectivity index (χ3v) is 18.8. The number of rotatable bonds is 15. The Morgan fingerprint density at radius 3 is 1.52 bits per heavy atom. The molecule has 172 valence electrons. The van der Waals surface area contributed by atoms with Gasteiger partial charge in [0.2, 0.25) is 0 Å². The molecule has 0 amide bonds. The van der Waals surface area contributed by atoms with Gasteiger partial charge in [-0.2, -0.15) is 0 Å². The summed E-state index contributed by atoms with van der Waals surface area (Å²) in [6.45, 7) is 4.77. The van der Waals surface area contributed by atoms with E-state index in [1.165, 1.54) is 61.7 Å². The van der Waals surface area contributed by atoms with Crippen molar-refractivity contribution in [1.29, 1.82) is 0 Å². The molecule has 0 fully saturated rings. The van der Waals surface area contributed by atoms with Crippen LogP contribution in [0, 0.1) is 0 Å². The molecule has 0 bridgehead atoms. The summed E-state index contributed by atoms with van der Waals surface area (Å²) in [6.07, 6.45) is 12.1. The zero-order valence-corrected chi connectivity index (χ0v) is 21.8. The third kappa shape index (κ3) is 6.90. The first kappa shape index (κ1) is 26.1. The molecule has 0 unspecified atom stereocenters.